The lowest BCUT2D eigenvalue weighted by atomic mass is 10.0. The van der Waals surface area contributed by atoms with Crippen LogP contribution in [0, 0.1) is 5.92 Å². The van der Waals surface area contributed by atoms with Crippen molar-refractivity contribution in [1.82, 2.24) is 5.32 Å². The van der Waals surface area contributed by atoms with Crippen molar-refractivity contribution in [3.63, 3.8) is 0 Å². The van der Waals surface area contributed by atoms with E-state index in [2.05, 4.69) is 23.3 Å². The quantitative estimate of drug-likeness (QED) is 0.647. The van der Waals surface area contributed by atoms with Gasteiger partial charge in [0.15, 0.2) is 0 Å². The lowest BCUT2D eigenvalue weighted by Gasteiger charge is -2.20. The first kappa shape index (κ1) is 17.6. The molecule has 0 radical (unpaired) electrons. The summed E-state index contributed by atoms with van der Waals surface area (Å²) in [5.74, 6) is 0.715. The third-order valence-corrected chi connectivity index (χ3v) is 3.28. The lowest BCUT2D eigenvalue weighted by molar-refractivity contribution is -0.126. The summed E-state index contributed by atoms with van der Waals surface area (Å²) in [5, 5.41) is 5.66. The van der Waals surface area contributed by atoms with Gasteiger partial charge in [-0.1, -0.05) is 32.0 Å². The molecule has 0 fully saturated rings. The van der Waals surface area contributed by atoms with Crippen LogP contribution in [0.1, 0.15) is 33.1 Å². The number of para-hydroxylation sites is 1. The number of nitrogens with one attached hydrogen (secondary N) is 2. The number of carbonyl (C=O) groups is 2. The van der Waals surface area contributed by atoms with Gasteiger partial charge < -0.3 is 10.6 Å². The summed E-state index contributed by atoms with van der Waals surface area (Å²) in [6.07, 6.45) is 1.73. The standard InChI is InChI=1S/C16H24N2O2S/c1-12(2)11-14(18-15(19)9-6-10-21)16(20)17-13-7-4-3-5-8-13/h3-5,7-8,12,14,21H,6,9-11H2,1-2H3,(H,17,20)(H,18,19)/t14-/m0/s1. The first-order valence-electron chi connectivity index (χ1n) is 7.29. The molecule has 0 unspecified atom stereocenters. The second-order valence-electron chi connectivity index (χ2n) is 5.43. The van der Waals surface area contributed by atoms with Crippen molar-refractivity contribution in [3.05, 3.63) is 30.3 Å². The van der Waals surface area contributed by atoms with Gasteiger partial charge in [0.25, 0.3) is 0 Å². The van der Waals surface area contributed by atoms with Crippen molar-refractivity contribution in [2.24, 2.45) is 5.92 Å². The Kier molecular flexibility index (Phi) is 7.90. The number of anilines is 1. The van der Waals surface area contributed by atoms with Crippen LogP contribution in [0.2, 0.25) is 0 Å². The molecule has 1 aromatic carbocycles. The third kappa shape index (κ3) is 7.18. The summed E-state index contributed by atoms with van der Waals surface area (Å²) < 4.78 is 0. The topological polar surface area (TPSA) is 58.2 Å². The first-order chi connectivity index (χ1) is 10.0. The highest BCUT2D eigenvalue weighted by molar-refractivity contribution is 7.80. The van der Waals surface area contributed by atoms with Crippen molar-refractivity contribution in [2.75, 3.05) is 11.1 Å². The molecule has 116 valence electrons. The van der Waals surface area contributed by atoms with E-state index in [0.717, 1.165) is 5.69 Å². The molecule has 1 atom stereocenters. The Balaban J connectivity index is 2.63. The smallest absolute Gasteiger partial charge is 0.246 e. The van der Waals surface area contributed by atoms with Gasteiger partial charge in [0.05, 0.1) is 0 Å². The third-order valence-electron chi connectivity index (χ3n) is 2.96. The molecule has 0 aliphatic heterocycles. The highest BCUT2D eigenvalue weighted by Crippen LogP contribution is 2.10. The molecule has 4 nitrogen and oxygen atoms in total. The molecule has 21 heavy (non-hydrogen) atoms. The zero-order chi connectivity index (χ0) is 15.7. The molecular weight excluding hydrogens is 284 g/mol. The fourth-order valence-corrected chi connectivity index (χ4v) is 2.12. The van der Waals surface area contributed by atoms with Crippen molar-refractivity contribution < 1.29 is 9.59 Å². The molecular formula is C16H24N2O2S. The van der Waals surface area contributed by atoms with Gasteiger partial charge in [0.1, 0.15) is 6.04 Å². The summed E-state index contributed by atoms with van der Waals surface area (Å²) in [6, 6.07) is 8.76. The average Bonchev–Trinajstić information content (AvgIpc) is 2.45. The van der Waals surface area contributed by atoms with Crippen molar-refractivity contribution in [1.29, 1.82) is 0 Å². The number of thiol groups is 1. The number of amides is 2. The zero-order valence-corrected chi connectivity index (χ0v) is 13.5. The minimum Gasteiger partial charge on any atom is -0.344 e. The fraction of sp³-hybridized carbons (Fsp3) is 0.500. The second kappa shape index (κ2) is 9.45. The van der Waals surface area contributed by atoms with Gasteiger partial charge in [-0.05, 0) is 36.6 Å². The van der Waals surface area contributed by atoms with Crippen LogP contribution in [0.3, 0.4) is 0 Å². The van der Waals surface area contributed by atoms with Gasteiger partial charge in [-0.3, -0.25) is 9.59 Å². The molecule has 0 spiro atoms. The number of rotatable bonds is 8. The normalized spacial score (nSPS) is 12.0. The Morgan fingerprint density at radius 2 is 1.86 bits per heavy atom. The summed E-state index contributed by atoms with van der Waals surface area (Å²) in [4.78, 5) is 24.1. The summed E-state index contributed by atoms with van der Waals surface area (Å²) >= 11 is 4.09. The summed E-state index contributed by atoms with van der Waals surface area (Å²) in [6.45, 7) is 4.06. The fourth-order valence-electron chi connectivity index (χ4n) is 1.96. The van der Waals surface area contributed by atoms with Crippen molar-refractivity contribution >= 4 is 30.1 Å². The molecule has 2 N–H and O–H groups in total. The number of hydrogen-bond donors (Lipinski definition) is 3. The van der Waals surface area contributed by atoms with Crippen LogP contribution in [0.25, 0.3) is 0 Å². The van der Waals surface area contributed by atoms with Crippen molar-refractivity contribution in [2.45, 2.75) is 39.2 Å². The molecule has 0 saturated heterocycles. The first-order valence-corrected chi connectivity index (χ1v) is 7.92. The summed E-state index contributed by atoms with van der Waals surface area (Å²) in [5.41, 5.74) is 0.737. The predicted molar refractivity (Wildman–Crippen MR) is 89.5 cm³/mol. The van der Waals surface area contributed by atoms with E-state index in [1.54, 1.807) is 0 Å². The van der Waals surface area contributed by atoms with Crippen LogP contribution in [0.15, 0.2) is 30.3 Å². The predicted octanol–water partition coefficient (Wildman–Crippen LogP) is 2.87. The average molecular weight is 308 g/mol. The largest absolute Gasteiger partial charge is 0.344 e. The highest BCUT2D eigenvalue weighted by Gasteiger charge is 2.21. The second-order valence-corrected chi connectivity index (χ2v) is 5.88. The zero-order valence-electron chi connectivity index (χ0n) is 12.6. The van der Waals surface area contributed by atoms with Crippen LogP contribution in [-0.2, 0) is 9.59 Å². The molecule has 0 saturated carbocycles. The Hall–Kier alpha value is -1.49. The highest BCUT2D eigenvalue weighted by atomic mass is 32.1. The van der Waals surface area contributed by atoms with Gasteiger partial charge in [-0.15, -0.1) is 0 Å². The molecule has 2 amide bonds. The van der Waals surface area contributed by atoms with Crippen LogP contribution in [0.4, 0.5) is 5.69 Å². The monoisotopic (exact) mass is 308 g/mol. The van der Waals surface area contributed by atoms with E-state index in [9.17, 15) is 9.59 Å². The van der Waals surface area contributed by atoms with Crippen LogP contribution >= 0.6 is 12.6 Å². The maximum absolute atomic E-state index is 12.3. The van der Waals surface area contributed by atoms with Crippen molar-refractivity contribution in [3.8, 4) is 0 Å². The van der Waals surface area contributed by atoms with E-state index in [1.807, 2.05) is 44.2 Å². The van der Waals surface area contributed by atoms with Crippen LogP contribution in [-0.4, -0.2) is 23.6 Å². The molecule has 0 heterocycles. The lowest BCUT2D eigenvalue weighted by Crippen LogP contribution is -2.44. The van der Waals surface area contributed by atoms with E-state index in [1.165, 1.54) is 0 Å². The van der Waals surface area contributed by atoms with E-state index >= 15 is 0 Å². The Bertz CT molecular complexity index is 449. The van der Waals surface area contributed by atoms with E-state index < -0.39 is 6.04 Å². The molecule has 0 aliphatic rings. The molecule has 0 aromatic heterocycles. The maximum Gasteiger partial charge on any atom is 0.246 e. The van der Waals surface area contributed by atoms with Gasteiger partial charge in [0, 0.05) is 12.1 Å². The van der Waals surface area contributed by atoms with E-state index in [4.69, 9.17) is 0 Å². The van der Waals surface area contributed by atoms with Gasteiger partial charge in [0.2, 0.25) is 11.8 Å². The molecule has 1 aromatic rings. The minimum atomic E-state index is -0.502. The summed E-state index contributed by atoms with van der Waals surface area (Å²) in [7, 11) is 0. The minimum absolute atomic E-state index is 0.0992. The molecule has 5 heteroatoms. The van der Waals surface area contributed by atoms with Gasteiger partial charge in [-0.25, -0.2) is 0 Å². The number of carbonyl (C=O) groups excluding carboxylic acids is 2. The van der Waals surface area contributed by atoms with E-state index in [0.29, 0.717) is 30.9 Å². The Morgan fingerprint density at radius 1 is 1.19 bits per heavy atom. The SMILES string of the molecule is CC(C)C[C@H](NC(=O)CCCS)C(=O)Nc1ccccc1. The Labute approximate surface area is 132 Å². The van der Waals surface area contributed by atoms with Gasteiger partial charge in [-0.2, -0.15) is 12.6 Å². The maximum atomic E-state index is 12.3. The molecule has 0 aliphatic carbocycles. The molecule has 0 bridgehead atoms. The van der Waals surface area contributed by atoms with Crippen LogP contribution < -0.4 is 10.6 Å². The number of benzene rings is 1. The molecule has 1 rings (SSSR count). The number of hydrogen-bond acceptors (Lipinski definition) is 3. The Morgan fingerprint density at radius 3 is 2.43 bits per heavy atom. The van der Waals surface area contributed by atoms with E-state index in [-0.39, 0.29) is 11.8 Å². The van der Waals surface area contributed by atoms with Gasteiger partial charge >= 0.3 is 0 Å². The van der Waals surface area contributed by atoms with Crippen LogP contribution in [0.5, 0.6) is 0 Å².